The molecule has 7 heteroatoms. The van der Waals surface area contributed by atoms with Gasteiger partial charge < -0.3 is 14.3 Å². The van der Waals surface area contributed by atoms with Crippen molar-refractivity contribution in [3.8, 4) is 17.6 Å². The molecule has 0 aliphatic rings. The lowest BCUT2D eigenvalue weighted by molar-refractivity contribution is 0.445. The largest absolute Gasteiger partial charge is 0.453 e. The fourth-order valence-electron chi connectivity index (χ4n) is 2.54. The van der Waals surface area contributed by atoms with Crippen LogP contribution in [0, 0.1) is 23.0 Å². The van der Waals surface area contributed by atoms with Gasteiger partial charge in [-0.2, -0.15) is 5.26 Å². The van der Waals surface area contributed by atoms with E-state index in [4.69, 9.17) is 10.00 Å². The Bertz CT molecular complexity index is 1030. The molecule has 0 aliphatic carbocycles. The fraction of sp³-hybridized carbons (Fsp3) is 0.118. The quantitative estimate of drug-likeness (QED) is 0.717. The molecule has 1 N–H and O–H groups in total. The van der Waals surface area contributed by atoms with E-state index in [0.29, 0.717) is 10.9 Å². The van der Waals surface area contributed by atoms with Gasteiger partial charge in [-0.05, 0) is 31.5 Å². The van der Waals surface area contributed by atoms with Crippen LogP contribution in [0.1, 0.15) is 5.56 Å². The third-order valence-electron chi connectivity index (χ3n) is 3.55. The zero-order chi connectivity index (χ0) is 17.5. The van der Waals surface area contributed by atoms with Crippen molar-refractivity contribution in [2.75, 3.05) is 13.3 Å². The molecular formula is C17H13F2N2O2P. The number of benzene rings is 2. The average molecular weight is 346 g/mol. The third-order valence-corrected chi connectivity index (χ3v) is 5.07. The average Bonchev–Trinajstić information content (AvgIpc) is 2.95. The van der Waals surface area contributed by atoms with Crippen molar-refractivity contribution >= 4 is 23.3 Å². The number of nitriles is 1. The molecule has 0 radical (unpaired) electrons. The predicted molar refractivity (Wildman–Crippen MR) is 88.5 cm³/mol. The highest BCUT2D eigenvalue weighted by atomic mass is 31.2. The molecule has 0 saturated heterocycles. The highest BCUT2D eigenvalue weighted by molar-refractivity contribution is 7.70. The second kappa shape index (κ2) is 5.77. The maximum absolute atomic E-state index is 14.5. The zero-order valence-corrected chi connectivity index (χ0v) is 13.8. The highest BCUT2D eigenvalue weighted by Crippen LogP contribution is 2.43. The molecule has 0 atom stereocenters. The van der Waals surface area contributed by atoms with Gasteiger partial charge in [-0.3, -0.25) is 0 Å². The Morgan fingerprint density at radius 3 is 2.58 bits per heavy atom. The van der Waals surface area contributed by atoms with Crippen molar-refractivity contribution in [2.45, 2.75) is 0 Å². The van der Waals surface area contributed by atoms with Gasteiger partial charge in [-0.1, -0.05) is 0 Å². The molecule has 24 heavy (non-hydrogen) atoms. The molecule has 0 bridgehead atoms. The van der Waals surface area contributed by atoms with Gasteiger partial charge in [0, 0.05) is 29.2 Å². The molecule has 4 nitrogen and oxygen atoms in total. The Labute approximate surface area is 137 Å². The van der Waals surface area contributed by atoms with Gasteiger partial charge in [0.15, 0.2) is 11.6 Å². The van der Waals surface area contributed by atoms with Crippen LogP contribution in [-0.2, 0) is 4.57 Å². The summed E-state index contributed by atoms with van der Waals surface area (Å²) < 4.78 is 46.2. The number of rotatable bonds is 3. The molecule has 122 valence electrons. The van der Waals surface area contributed by atoms with Gasteiger partial charge in [0.25, 0.3) is 0 Å². The zero-order valence-electron chi connectivity index (χ0n) is 12.9. The molecule has 3 rings (SSSR count). The van der Waals surface area contributed by atoms with E-state index in [1.807, 2.05) is 0 Å². The van der Waals surface area contributed by atoms with Crippen molar-refractivity contribution in [1.82, 2.24) is 4.98 Å². The molecule has 0 amide bonds. The van der Waals surface area contributed by atoms with Crippen molar-refractivity contribution in [2.24, 2.45) is 0 Å². The number of H-pyrrole nitrogens is 1. The van der Waals surface area contributed by atoms with E-state index in [0.717, 1.165) is 6.07 Å². The van der Waals surface area contributed by atoms with Crippen LogP contribution >= 0.6 is 7.14 Å². The van der Waals surface area contributed by atoms with Crippen LogP contribution in [-0.4, -0.2) is 18.3 Å². The van der Waals surface area contributed by atoms with E-state index in [-0.39, 0.29) is 22.4 Å². The number of nitrogens with zero attached hydrogens (tertiary/aromatic N) is 1. The van der Waals surface area contributed by atoms with Gasteiger partial charge in [0.2, 0.25) is 0 Å². The van der Waals surface area contributed by atoms with E-state index in [1.54, 1.807) is 18.3 Å². The van der Waals surface area contributed by atoms with Crippen molar-refractivity contribution in [3.05, 3.63) is 53.7 Å². The Balaban J connectivity index is 2.21. The van der Waals surface area contributed by atoms with E-state index >= 15 is 0 Å². The minimum Gasteiger partial charge on any atom is -0.453 e. The van der Waals surface area contributed by atoms with E-state index in [9.17, 15) is 13.3 Å². The summed E-state index contributed by atoms with van der Waals surface area (Å²) >= 11 is 0. The molecule has 1 heterocycles. The van der Waals surface area contributed by atoms with Gasteiger partial charge in [0.1, 0.15) is 24.8 Å². The van der Waals surface area contributed by atoms with E-state index in [1.165, 1.54) is 31.5 Å². The summed E-state index contributed by atoms with van der Waals surface area (Å²) in [5.74, 6) is -1.46. The van der Waals surface area contributed by atoms with Crippen molar-refractivity contribution in [3.63, 3.8) is 0 Å². The number of hydrogen-bond donors (Lipinski definition) is 1. The lowest BCUT2D eigenvalue weighted by atomic mass is 10.2. The second-order valence-corrected chi connectivity index (χ2v) is 8.83. The van der Waals surface area contributed by atoms with Gasteiger partial charge >= 0.3 is 0 Å². The molecular weight excluding hydrogens is 333 g/mol. The topological polar surface area (TPSA) is 65.9 Å². The summed E-state index contributed by atoms with van der Waals surface area (Å²) in [7, 11) is -2.88. The second-order valence-electron chi connectivity index (χ2n) is 5.68. The minimum absolute atomic E-state index is 0.0939. The number of ether oxygens (including phenoxy) is 1. The molecule has 0 fully saturated rings. The number of hydrogen-bond acceptors (Lipinski definition) is 3. The normalized spacial score (nSPS) is 11.5. The lowest BCUT2D eigenvalue weighted by Crippen LogP contribution is -2.10. The summed E-state index contributed by atoms with van der Waals surface area (Å²) in [6.45, 7) is 3.04. The molecule has 1 aromatic heterocycles. The molecule has 0 unspecified atom stereocenters. The van der Waals surface area contributed by atoms with Gasteiger partial charge in [-0.15, -0.1) is 0 Å². The molecule has 3 aromatic rings. The predicted octanol–water partition coefficient (Wildman–Crippen LogP) is 4.36. The molecule has 0 saturated carbocycles. The Kier molecular flexibility index (Phi) is 3.90. The summed E-state index contributed by atoms with van der Waals surface area (Å²) in [5, 5.41) is 9.76. The van der Waals surface area contributed by atoms with Crippen LogP contribution in [0.25, 0.3) is 10.9 Å². The van der Waals surface area contributed by atoms with Gasteiger partial charge in [-0.25, -0.2) is 8.78 Å². The number of aromatic nitrogens is 1. The summed E-state index contributed by atoms with van der Waals surface area (Å²) in [4.78, 5) is 2.88. The molecule has 2 aromatic carbocycles. The van der Waals surface area contributed by atoms with E-state index in [2.05, 4.69) is 4.98 Å². The number of halogens is 2. The maximum Gasteiger partial charge on any atom is 0.174 e. The maximum atomic E-state index is 14.5. The smallest absolute Gasteiger partial charge is 0.174 e. The number of nitrogens with one attached hydrogen (secondary N) is 1. The lowest BCUT2D eigenvalue weighted by Gasteiger charge is -2.16. The van der Waals surface area contributed by atoms with Crippen LogP contribution in [0.15, 0.2) is 36.5 Å². The summed E-state index contributed by atoms with van der Waals surface area (Å²) in [5.41, 5.74) is 0.295. The first-order valence-corrected chi connectivity index (χ1v) is 9.64. The first kappa shape index (κ1) is 16.2. The summed E-state index contributed by atoms with van der Waals surface area (Å²) in [6, 6.07) is 8.18. The van der Waals surface area contributed by atoms with Crippen LogP contribution in [0.2, 0.25) is 0 Å². The number of aromatic amines is 1. The van der Waals surface area contributed by atoms with Crippen LogP contribution in [0.4, 0.5) is 8.78 Å². The molecule has 0 aliphatic heterocycles. The van der Waals surface area contributed by atoms with Crippen molar-refractivity contribution in [1.29, 1.82) is 5.26 Å². The third kappa shape index (κ3) is 2.79. The Morgan fingerprint density at radius 1 is 1.17 bits per heavy atom. The standard InChI is InChI=1S/C17H13F2N2O2P/c1-24(2,22)17-12-5-6-21-15(12)8-14(19)16(17)23-11-3-4-13(18)10(7-11)9-20/h3-8,21H,1-2H3. The highest BCUT2D eigenvalue weighted by Gasteiger charge is 2.25. The monoisotopic (exact) mass is 346 g/mol. The number of fused-ring (bicyclic) bond motifs is 1. The first-order chi connectivity index (χ1) is 11.3. The van der Waals surface area contributed by atoms with Crippen LogP contribution in [0.5, 0.6) is 11.5 Å². The Hall–Kier alpha value is -2.64. The fourth-order valence-corrected chi connectivity index (χ4v) is 3.96. The SMILES string of the molecule is CP(C)(=O)c1c(Oc2ccc(F)c(C#N)c2)c(F)cc2[nH]ccc12. The van der Waals surface area contributed by atoms with Gasteiger partial charge in [0.05, 0.1) is 10.9 Å². The minimum atomic E-state index is -2.88. The molecule has 0 spiro atoms. The Morgan fingerprint density at radius 2 is 1.92 bits per heavy atom. The first-order valence-electron chi connectivity index (χ1n) is 7.04. The summed E-state index contributed by atoms with van der Waals surface area (Å²) in [6.07, 6.45) is 1.62. The van der Waals surface area contributed by atoms with Crippen LogP contribution < -0.4 is 10.0 Å². The van der Waals surface area contributed by atoms with E-state index < -0.39 is 18.8 Å². The van der Waals surface area contributed by atoms with Crippen molar-refractivity contribution < 1.29 is 18.1 Å². The van der Waals surface area contributed by atoms with Crippen LogP contribution in [0.3, 0.4) is 0 Å².